The second-order valence-electron chi connectivity index (χ2n) is 7.46. The van der Waals surface area contributed by atoms with Crippen molar-refractivity contribution in [1.82, 2.24) is 25.1 Å². The number of fused-ring (bicyclic) bond motifs is 2. The summed E-state index contributed by atoms with van der Waals surface area (Å²) in [5.41, 5.74) is 8.35. The van der Waals surface area contributed by atoms with E-state index in [1.165, 1.54) is 0 Å². The third-order valence-electron chi connectivity index (χ3n) is 5.46. The zero-order valence-corrected chi connectivity index (χ0v) is 15.8. The lowest BCUT2D eigenvalue weighted by Crippen LogP contribution is -2.43. The Kier molecular flexibility index (Phi) is 4.36. The maximum Gasteiger partial charge on any atom is 0.261 e. The highest BCUT2D eigenvalue weighted by Crippen LogP contribution is 2.26. The molecular formula is C20H22N8O. The van der Waals surface area contributed by atoms with E-state index in [-0.39, 0.29) is 17.6 Å². The fraction of sp³-hybridized carbons (Fsp3) is 0.300. The third kappa shape index (κ3) is 3.40. The van der Waals surface area contributed by atoms with Gasteiger partial charge in [0, 0.05) is 29.4 Å². The molecule has 3 heterocycles. The average Bonchev–Trinajstić information content (AvgIpc) is 3.17. The Bertz CT molecular complexity index is 1230. The van der Waals surface area contributed by atoms with Crippen molar-refractivity contribution >= 4 is 39.3 Å². The van der Waals surface area contributed by atoms with E-state index < -0.39 is 0 Å². The summed E-state index contributed by atoms with van der Waals surface area (Å²) >= 11 is 0. The van der Waals surface area contributed by atoms with E-state index in [4.69, 9.17) is 5.73 Å². The monoisotopic (exact) mass is 390 g/mol. The van der Waals surface area contributed by atoms with Crippen LogP contribution in [0.15, 0.2) is 41.5 Å². The number of benzene rings is 1. The van der Waals surface area contributed by atoms with Gasteiger partial charge in [-0.25, -0.2) is 4.98 Å². The number of hydrogen-bond acceptors (Lipinski definition) is 7. The molecule has 6 N–H and O–H groups in total. The number of aromatic nitrogens is 5. The van der Waals surface area contributed by atoms with Crippen molar-refractivity contribution in [2.45, 2.75) is 37.8 Å². The number of rotatable bonds is 4. The maximum absolute atomic E-state index is 12.5. The lowest BCUT2D eigenvalue weighted by Gasteiger charge is -2.29. The van der Waals surface area contributed by atoms with Gasteiger partial charge in [0.1, 0.15) is 11.2 Å². The van der Waals surface area contributed by atoms with Crippen molar-refractivity contribution in [1.29, 1.82) is 0 Å². The summed E-state index contributed by atoms with van der Waals surface area (Å²) < 4.78 is 0. The second kappa shape index (κ2) is 7.17. The van der Waals surface area contributed by atoms with E-state index in [9.17, 15) is 4.79 Å². The van der Waals surface area contributed by atoms with Crippen LogP contribution in [0.3, 0.4) is 0 Å². The van der Waals surface area contributed by atoms with E-state index in [1.54, 1.807) is 18.5 Å². The molecule has 4 aromatic rings. The van der Waals surface area contributed by atoms with Crippen LogP contribution in [0.25, 0.3) is 21.8 Å². The van der Waals surface area contributed by atoms with Crippen LogP contribution in [0.5, 0.6) is 0 Å². The van der Waals surface area contributed by atoms with E-state index in [0.29, 0.717) is 22.7 Å². The molecule has 1 aliphatic rings. The molecule has 0 unspecified atom stereocenters. The summed E-state index contributed by atoms with van der Waals surface area (Å²) in [6, 6.07) is 7.76. The SMILES string of the molecule is N[C@H]1CCCC[C@H]1Nc1nc(Nc2ccc3[nH]ncc3c2)c2c(=O)[nH]ccc2n1. The Hall–Kier alpha value is -3.46. The summed E-state index contributed by atoms with van der Waals surface area (Å²) in [7, 11) is 0. The molecule has 3 aromatic heterocycles. The average molecular weight is 390 g/mol. The molecule has 9 heteroatoms. The molecule has 0 spiro atoms. The van der Waals surface area contributed by atoms with Crippen molar-refractivity contribution in [3.63, 3.8) is 0 Å². The predicted molar refractivity (Wildman–Crippen MR) is 113 cm³/mol. The van der Waals surface area contributed by atoms with Crippen molar-refractivity contribution in [2.75, 3.05) is 10.6 Å². The summed E-state index contributed by atoms with van der Waals surface area (Å²) in [6.07, 6.45) is 7.60. The first-order chi connectivity index (χ1) is 14.2. The van der Waals surface area contributed by atoms with Crippen LogP contribution in [0, 0.1) is 0 Å². The van der Waals surface area contributed by atoms with Crippen molar-refractivity contribution in [3.8, 4) is 0 Å². The first-order valence-electron chi connectivity index (χ1n) is 9.79. The third-order valence-corrected chi connectivity index (χ3v) is 5.46. The fourth-order valence-corrected chi connectivity index (χ4v) is 3.91. The smallest absolute Gasteiger partial charge is 0.261 e. The number of H-pyrrole nitrogens is 2. The summed E-state index contributed by atoms with van der Waals surface area (Å²) in [5.74, 6) is 0.920. The molecule has 9 nitrogen and oxygen atoms in total. The summed E-state index contributed by atoms with van der Waals surface area (Å²) in [5, 5.41) is 15.0. The normalized spacial score (nSPS) is 19.5. The molecule has 29 heavy (non-hydrogen) atoms. The van der Waals surface area contributed by atoms with E-state index >= 15 is 0 Å². The standard InChI is InChI=1S/C20H22N8O/c21-13-3-1-2-4-15(13)25-20-26-16-7-8-22-19(29)17(16)18(27-20)24-12-5-6-14-11(9-12)10-23-28-14/h5-10,13,15H,1-4,21H2,(H,22,29)(H,23,28)(H2,24,25,26,27)/t13-,15+/m0/s1. The van der Waals surface area contributed by atoms with Gasteiger partial charge in [-0.05, 0) is 37.1 Å². The Morgan fingerprint density at radius 1 is 1.14 bits per heavy atom. The molecule has 2 atom stereocenters. The number of anilines is 3. The Labute approximate surface area is 166 Å². The van der Waals surface area contributed by atoms with Crippen LogP contribution in [-0.4, -0.2) is 37.2 Å². The number of nitrogens with one attached hydrogen (secondary N) is 4. The molecule has 1 aromatic carbocycles. The van der Waals surface area contributed by atoms with Gasteiger partial charge in [-0.1, -0.05) is 12.8 Å². The molecule has 5 rings (SSSR count). The molecule has 0 amide bonds. The van der Waals surface area contributed by atoms with Crippen LogP contribution >= 0.6 is 0 Å². The zero-order chi connectivity index (χ0) is 19.8. The molecule has 0 radical (unpaired) electrons. The van der Waals surface area contributed by atoms with E-state index in [0.717, 1.165) is 42.3 Å². The van der Waals surface area contributed by atoms with Crippen molar-refractivity contribution in [3.05, 3.63) is 47.0 Å². The van der Waals surface area contributed by atoms with Crippen LogP contribution in [-0.2, 0) is 0 Å². The second-order valence-corrected chi connectivity index (χ2v) is 7.46. The number of aromatic amines is 2. The number of nitrogens with zero attached hydrogens (tertiary/aromatic N) is 3. The first kappa shape index (κ1) is 17.6. The van der Waals surface area contributed by atoms with E-state index in [2.05, 4.69) is 35.8 Å². The molecule has 1 fully saturated rings. The Balaban J connectivity index is 1.55. The highest BCUT2D eigenvalue weighted by molar-refractivity contribution is 5.92. The van der Waals surface area contributed by atoms with E-state index in [1.807, 2.05) is 18.2 Å². The van der Waals surface area contributed by atoms with Crippen LogP contribution in [0.1, 0.15) is 25.7 Å². The zero-order valence-electron chi connectivity index (χ0n) is 15.8. The van der Waals surface area contributed by atoms with Crippen LogP contribution in [0.4, 0.5) is 17.5 Å². The fourth-order valence-electron chi connectivity index (χ4n) is 3.91. The first-order valence-corrected chi connectivity index (χ1v) is 9.79. The van der Waals surface area contributed by atoms with Gasteiger partial charge in [0.15, 0.2) is 0 Å². The summed E-state index contributed by atoms with van der Waals surface area (Å²) in [6.45, 7) is 0. The minimum absolute atomic E-state index is 0.0714. The lowest BCUT2D eigenvalue weighted by atomic mass is 9.91. The number of hydrogen-bond donors (Lipinski definition) is 5. The van der Waals surface area contributed by atoms with Gasteiger partial charge in [0.2, 0.25) is 5.95 Å². The van der Waals surface area contributed by atoms with Gasteiger partial charge in [-0.2, -0.15) is 10.1 Å². The van der Waals surface area contributed by atoms with Gasteiger partial charge in [0.05, 0.1) is 17.2 Å². The van der Waals surface area contributed by atoms with Gasteiger partial charge in [-0.15, -0.1) is 0 Å². The molecule has 0 aliphatic heterocycles. The maximum atomic E-state index is 12.5. The highest BCUT2D eigenvalue weighted by Gasteiger charge is 2.23. The Morgan fingerprint density at radius 2 is 2.03 bits per heavy atom. The van der Waals surface area contributed by atoms with Gasteiger partial charge in [0.25, 0.3) is 5.56 Å². The minimum atomic E-state index is -0.240. The largest absolute Gasteiger partial charge is 0.350 e. The van der Waals surface area contributed by atoms with Gasteiger partial charge < -0.3 is 21.4 Å². The quantitative estimate of drug-likeness (QED) is 0.361. The lowest BCUT2D eigenvalue weighted by molar-refractivity contribution is 0.402. The van der Waals surface area contributed by atoms with Gasteiger partial charge in [-0.3, -0.25) is 9.89 Å². The van der Waals surface area contributed by atoms with Crippen molar-refractivity contribution < 1.29 is 0 Å². The van der Waals surface area contributed by atoms with Crippen LogP contribution < -0.4 is 21.9 Å². The highest BCUT2D eigenvalue weighted by atomic mass is 16.1. The number of pyridine rings is 1. The number of nitrogens with two attached hydrogens (primary N) is 1. The molecule has 1 aliphatic carbocycles. The van der Waals surface area contributed by atoms with Crippen LogP contribution in [0.2, 0.25) is 0 Å². The van der Waals surface area contributed by atoms with Crippen molar-refractivity contribution in [2.24, 2.45) is 5.73 Å². The molecule has 1 saturated carbocycles. The molecular weight excluding hydrogens is 368 g/mol. The minimum Gasteiger partial charge on any atom is -0.350 e. The predicted octanol–water partition coefficient (Wildman–Crippen LogP) is 2.62. The van der Waals surface area contributed by atoms with Gasteiger partial charge >= 0.3 is 0 Å². The Morgan fingerprint density at radius 3 is 2.93 bits per heavy atom. The molecule has 148 valence electrons. The molecule has 0 bridgehead atoms. The topological polar surface area (TPSA) is 137 Å². The summed E-state index contributed by atoms with van der Waals surface area (Å²) in [4.78, 5) is 24.4. The molecule has 0 saturated heterocycles.